The molecule has 4 rings (SSSR count). The number of methoxy groups -OCH3 is 1. The van der Waals surface area contributed by atoms with Crippen molar-refractivity contribution in [3.05, 3.63) is 58.9 Å². The Labute approximate surface area is 173 Å². The second kappa shape index (κ2) is 8.13. The highest BCUT2D eigenvalue weighted by atomic mass is 35.5. The van der Waals surface area contributed by atoms with Crippen molar-refractivity contribution < 1.29 is 14.1 Å². The van der Waals surface area contributed by atoms with Crippen molar-refractivity contribution in [1.29, 1.82) is 0 Å². The van der Waals surface area contributed by atoms with Gasteiger partial charge in [-0.15, -0.1) is 0 Å². The summed E-state index contributed by atoms with van der Waals surface area (Å²) in [5.74, 6) is 1.60. The first kappa shape index (κ1) is 19.3. The molecule has 0 unspecified atom stereocenters. The predicted molar refractivity (Wildman–Crippen MR) is 110 cm³/mol. The Balaban J connectivity index is 1.52. The molecule has 3 aromatic rings. The van der Waals surface area contributed by atoms with E-state index in [1.807, 2.05) is 43.3 Å². The highest BCUT2D eigenvalue weighted by Gasteiger charge is 2.34. The smallest absolute Gasteiger partial charge is 0.322 e. The maximum absolute atomic E-state index is 12.8. The molecule has 2 aromatic carbocycles. The van der Waals surface area contributed by atoms with E-state index in [0.717, 1.165) is 24.0 Å². The van der Waals surface area contributed by atoms with Gasteiger partial charge in [-0.05, 0) is 49.6 Å². The Bertz CT molecular complexity index is 1040. The summed E-state index contributed by atoms with van der Waals surface area (Å²) in [5.41, 5.74) is 2.40. The van der Waals surface area contributed by atoms with E-state index in [4.69, 9.17) is 20.9 Å². The summed E-state index contributed by atoms with van der Waals surface area (Å²) in [6.45, 7) is 2.56. The van der Waals surface area contributed by atoms with Crippen LogP contribution in [0, 0.1) is 6.92 Å². The van der Waals surface area contributed by atoms with Crippen molar-refractivity contribution in [3.63, 3.8) is 0 Å². The van der Waals surface area contributed by atoms with Crippen LogP contribution < -0.4 is 10.1 Å². The van der Waals surface area contributed by atoms with Crippen molar-refractivity contribution >= 4 is 23.3 Å². The van der Waals surface area contributed by atoms with Gasteiger partial charge in [0, 0.05) is 12.1 Å². The fourth-order valence-electron chi connectivity index (χ4n) is 3.43. The maximum atomic E-state index is 12.8. The van der Waals surface area contributed by atoms with Gasteiger partial charge in [0.05, 0.1) is 17.8 Å². The number of ether oxygens (including phenoxy) is 1. The molecule has 1 fully saturated rings. The molecule has 150 valence electrons. The van der Waals surface area contributed by atoms with Gasteiger partial charge in [-0.1, -0.05) is 35.0 Å². The molecule has 0 spiro atoms. The maximum Gasteiger partial charge on any atom is 0.322 e. The second-order valence-electron chi connectivity index (χ2n) is 6.95. The number of likely N-dealkylation sites (tertiary alicyclic amines) is 1. The van der Waals surface area contributed by atoms with E-state index in [1.54, 1.807) is 18.1 Å². The lowest BCUT2D eigenvalue weighted by molar-refractivity contribution is 0.193. The number of nitrogens with zero attached hydrogens (tertiary/aromatic N) is 3. The van der Waals surface area contributed by atoms with E-state index in [0.29, 0.717) is 34.7 Å². The van der Waals surface area contributed by atoms with Crippen LogP contribution in [0.15, 0.2) is 47.0 Å². The zero-order valence-electron chi connectivity index (χ0n) is 16.2. The Morgan fingerprint density at radius 1 is 1.31 bits per heavy atom. The quantitative estimate of drug-likeness (QED) is 0.646. The predicted octanol–water partition coefficient (Wildman–Crippen LogP) is 5.08. The number of nitrogens with one attached hydrogen (secondary N) is 1. The first-order chi connectivity index (χ1) is 14.0. The van der Waals surface area contributed by atoms with Crippen LogP contribution in [0.3, 0.4) is 0 Å². The highest BCUT2D eigenvalue weighted by Crippen LogP contribution is 2.33. The summed E-state index contributed by atoms with van der Waals surface area (Å²) < 4.78 is 10.7. The van der Waals surface area contributed by atoms with Gasteiger partial charge < -0.3 is 19.5 Å². The molecule has 1 aliphatic heterocycles. The summed E-state index contributed by atoms with van der Waals surface area (Å²) in [6.07, 6.45) is 1.62. The molecule has 1 saturated heterocycles. The number of hydrogen-bond acceptors (Lipinski definition) is 5. The van der Waals surface area contributed by atoms with Gasteiger partial charge in [0.15, 0.2) is 0 Å². The molecule has 1 aromatic heterocycles. The van der Waals surface area contributed by atoms with E-state index in [-0.39, 0.29) is 12.1 Å². The highest BCUT2D eigenvalue weighted by molar-refractivity contribution is 6.33. The van der Waals surface area contributed by atoms with Gasteiger partial charge in [-0.3, -0.25) is 0 Å². The number of aryl methyl sites for hydroxylation is 1. The molecule has 2 heterocycles. The van der Waals surface area contributed by atoms with Gasteiger partial charge >= 0.3 is 6.03 Å². The van der Waals surface area contributed by atoms with Crippen molar-refractivity contribution in [2.75, 3.05) is 19.0 Å². The van der Waals surface area contributed by atoms with Gasteiger partial charge in [-0.25, -0.2) is 4.79 Å². The number of aromatic nitrogens is 2. The third-order valence-electron chi connectivity index (χ3n) is 4.93. The molecular formula is C21H21ClN4O3. The van der Waals surface area contributed by atoms with Crippen molar-refractivity contribution in [2.24, 2.45) is 0 Å². The lowest BCUT2D eigenvalue weighted by Crippen LogP contribution is -2.34. The minimum absolute atomic E-state index is 0.237. The number of amides is 2. The number of carbonyl (C=O) groups is 1. The molecule has 1 aliphatic rings. The van der Waals surface area contributed by atoms with Gasteiger partial charge in [0.2, 0.25) is 11.7 Å². The minimum Gasteiger partial charge on any atom is -0.497 e. The van der Waals surface area contributed by atoms with Crippen LogP contribution >= 0.6 is 11.6 Å². The van der Waals surface area contributed by atoms with E-state index >= 15 is 0 Å². The van der Waals surface area contributed by atoms with Crippen molar-refractivity contribution in [3.8, 4) is 17.1 Å². The van der Waals surface area contributed by atoms with Gasteiger partial charge in [-0.2, -0.15) is 4.98 Å². The average Bonchev–Trinajstić information content (AvgIpc) is 3.39. The van der Waals surface area contributed by atoms with Crippen LogP contribution in [-0.2, 0) is 0 Å². The number of urea groups is 1. The van der Waals surface area contributed by atoms with Crippen LogP contribution in [-0.4, -0.2) is 34.7 Å². The standard InChI is InChI=1S/C21H21ClN4O3/c1-13-8-9-17(16(22)11-13)23-21(27)26-10-4-7-18(26)20-24-19(25-29-20)14-5-3-6-15(12-14)28-2/h3,5-6,8-9,11-12,18H,4,7,10H2,1-2H3,(H,23,27)/t18-/m1/s1. The number of carbonyl (C=O) groups excluding carboxylic acids is 1. The number of halogens is 1. The Kier molecular flexibility index (Phi) is 5.40. The Morgan fingerprint density at radius 3 is 2.97 bits per heavy atom. The van der Waals surface area contributed by atoms with Crippen LogP contribution in [0.5, 0.6) is 5.75 Å². The molecule has 29 heavy (non-hydrogen) atoms. The lowest BCUT2D eigenvalue weighted by Gasteiger charge is -2.22. The average molecular weight is 413 g/mol. The summed E-state index contributed by atoms with van der Waals surface area (Å²) in [6, 6.07) is 12.5. The van der Waals surface area contributed by atoms with Crippen LogP contribution in [0.1, 0.15) is 30.3 Å². The Hall–Kier alpha value is -3.06. The first-order valence-electron chi connectivity index (χ1n) is 9.37. The minimum atomic E-state index is -0.272. The third kappa shape index (κ3) is 4.05. The van der Waals surface area contributed by atoms with E-state index in [2.05, 4.69) is 15.5 Å². The third-order valence-corrected chi connectivity index (χ3v) is 5.25. The summed E-state index contributed by atoms with van der Waals surface area (Å²) in [7, 11) is 1.61. The Morgan fingerprint density at radius 2 is 2.17 bits per heavy atom. The lowest BCUT2D eigenvalue weighted by atomic mass is 10.2. The normalized spacial score (nSPS) is 16.1. The van der Waals surface area contributed by atoms with E-state index < -0.39 is 0 Å². The number of rotatable bonds is 4. The van der Waals surface area contributed by atoms with E-state index in [9.17, 15) is 4.79 Å². The topological polar surface area (TPSA) is 80.5 Å². The zero-order valence-corrected chi connectivity index (χ0v) is 16.9. The number of hydrogen-bond donors (Lipinski definition) is 1. The molecule has 1 N–H and O–H groups in total. The molecule has 7 nitrogen and oxygen atoms in total. The van der Waals surface area contributed by atoms with E-state index in [1.165, 1.54) is 0 Å². The fourth-order valence-corrected chi connectivity index (χ4v) is 3.71. The molecule has 0 aliphatic carbocycles. The van der Waals surface area contributed by atoms with Crippen LogP contribution in [0.4, 0.5) is 10.5 Å². The van der Waals surface area contributed by atoms with Crippen LogP contribution in [0.25, 0.3) is 11.4 Å². The van der Waals surface area contributed by atoms with Gasteiger partial charge in [0.25, 0.3) is 0 Å². The molecular weight excluding hydrogens is 392 g/mol. The monoisotopic (exact) mass is 412 g/mol. The number of benzene rings is 2. The molecule has 1 atom stereocenters. The molecule has 0 bridgehead atoms. The zero-order chi connectivity index (χ0) is 20.4. The van der Waals surface area contributed by atoms with Gasteiger partial charge in [0.1, 0.15) is 11.8 Å². The van der Waals surface area contributed by atoms with Crippen LogP contribution in [0.2, 0.25) is 5.02 Å². The largest absolute Gasteiger partial charge is 0.497 e. The molecule has 0 saturated carbocycles. The molecule has 0 radical (unpaired) electrons. The SMILES string of the molecule is COc1cccc(-c2noc([C@H]3CCCN3C(=O)Nc3ccc(C)cc3Cl)n2)c1. The summed E-state index contributed by atoms with van der Waals surface area (Å²) in [5, 5.41) is 7.47. The van der Waals surface area contributed by atoms with Crippen molar-refractivity contribution in [2.45, 2.75) is 25.8 Å². The summed E-state index contributed by atoms with van der Waals surface area (Å²) >= 11 is 6.25. The fraction of sp³-hybridized carbons (Fsp3) is 0.286. The second-order valence-corrected chi connectivity index (χ2v) is 7.36. The number of anilines is 1. The molecule has 2 amide bonds. The first-order valence-corrected chi connectivity index (χ1v) is 9.75. The molecule has 8 heteroatoms. The summed E-state index contributed by atoms with van der Waals surface area (Å²) in [4.78, 5) is 19.1. The van der Waals surface area contributed by atoms with Crippen molar-refractivity contribution in [1.82, 2.24) is 15.0 Å².